The van der Waals surface area contributed by atoms with Gasteiger partial charge in [-0.3, -0.25) is 0 Å². The van der Waals surface area contributed by atoms with Gasteiger partial charge in [0.25, 0.3) is 0 Å². The average Bonchev–Trinajstić information content (AvgIpc) is 3.28. The van der Waals surface area contributed by atoms with Crippen molar-refractivity contribution in [1.82, 2.24) is 9.55 Å². The van der Waals surface area contributed by atoms with E-state index < -0.39 is 0 Å². The number of hydrogen-bond acceptors (Lipinski definition) is 2. The molecular weight excluding hydrogens is 330 g/mol. The molecule has 1 atom stereocenters. The molecule has 0 radical (unpaired) electrons. The van der Waals surface area contributed by atoms with Gasteiger partial charge in [-0.2, -0.15) is 5.26 Å². The summed E-state index contributed by atoms with van der Waals surface area (Å²) in [5.74, 6) is 1.18. The highest BCUT2D eigenvalue weighted by Gasteiger charge is 2.27. The third kappa shape index (κ3) is 2.71. The molecule has 2 heterocycles. The summed E-state index contributed by atoms with van der Waals surface area (Å²) in [6.45, 7) is 0. The second-order valence-corrected chi connectivity index (χ2v) is 7.10. The lowest BCUT2D eigenvalue weighted by Crippen LogP contribution is -2.05. The number of aryl methyl sites for hydroxylation is 1. The maximum absolute atomic E-state index is 8.98. The van der Waals surface area contributed by atoms with Crippen LogP contribution >= 0.6 is 0 Å². The third-order valence-electron chi connectivity index (χ3n) is 5.44. The lowest BCUT2D eigenvalue weighted by atomic mass is 10.0. The number of fused-ring (bicyclic) bond motifs is 3. The largest absolute Gasteiger partial charge is 0.320 e. The van der Waals surface area contributed by atoms with Gasteiger partial charge < -0.3 is 4.57 Å². The van der Waals surface area contributed by atoms with Crippen LogP contribution in [0.4, 0.5) is 0 Å². The van der Waals surface area contributed by atoms with Crippen molar-refractivity contribution in [3.05, 3.63) is 89.7 Å². The number of nitriles is 1. The minimum absolute atomic E-state index is 0.353. The predicted molar refractivity (Wildman–Crippen MR) is 107 cm³/mol. The van der Waals surface area contributed by atoms with E-state index in [9.17, 15) is 0 Å². The van der Waals surface area contributed by atoms with Crippen molar-refractivity contribution in [1.29, 1.82) is 5.26 Å². The van der Waals surface area contributed by atoms with Crippen LogP contribution < -0.4 is 0 Å². The number of benzene rings is 3. The number of rotatable bonds is 3. The monoisotopic (exact) mass is 349 g/mol. The van der Waals surface area contributed by atoms with E-state index in [0.29, 0.717) is 12.5 Å². The minimum Gasteiger partial charge on any atom is -0.320 e. The van der Waals surface area contributed by atoms with Crippen LogP contribution in [0.5, 0.6) is 0 Å². The van der Waals surface area contributed by atoms with Crippen LogP contribution in [0.25, 0.3) is 22.2 Å². The smallest absolute Gasteiger partial charge is 0.110 e. The van der Waals surface area contributed by atoms with E-state index in [4.69, 9.17) is 10.2 Å². The quantitative estimate of drug-likeness (QED) is 0.503. The molecule has 3 aromatic carbocycles. The molecule has 3 nitrogen and oxygen atoms in total. The van der Waals surface area contributed by atoms with Gasteiger partial charge in [0.1, 0.15) is 5.82 Å². The lowest BCUT2D eigenvalue weighted by Gasteiger charge is -2.15. The Morgan fingerprint density at radius 2 is 1.81 bits per heavy atom. The van der Waals surface area contributed by atoms with E-state index in [-0.39, 0.29) is 0 Å². The standard InChI is InChI=1S/C24H19N3/c25-14-13-17-5-4-8-19(15-17)20-9-10-21-23(16-20)27-22(11-12-24(27)26-21)18-6-2-1-3-7-18/h1-10,15-16,22H,11-13H2. The van der Waals surface area contributed by atoms with E-state index in [2.05, 4.69) is 71.3 Å². The zero-order valence-electron chi connectivity index (χ0n) is 15.0. The van der Waals surface area contributed by atoms with Crippen LogP contribution in [0.1, 0.15) is 29.4 Å². The van der Waals surface area contributed by atoms with Crippen LogP contribution in [-0.4, -0.2) is 9.55 Å². The van der Waals surface area contributed by atoms with Gasteiger partial charge in [-0.25, -0.2) is 4.98 Å². The zero-order chi connectivity index (χ0) is 18.2. The van der Waals surface area contributed by atoms with Crippen molar-refractivity contribution in [3.63, 3.8) is 0 Å². The molecule has 0 N–H and O–H groups in total. The lowest BCUT2D eigenvalue weighted by molar-refractivity contribution is 0.637. The van der Waals surface area contributed by atoms with Gasteiger partial charge in [0.05, 0.1) is 29.6 Å². The normalized spacial score (nSPS) is 15.6. The number of aromatic nitrogens is 2. The molecule has 130 valence electrons. The highest BCUT2D eigenvalue weighted by molar-refractivity contribution is 5.83. The summed E-state index contributed by atoms with van der Waals surface area (Å²) in [6, 6.07) is 28.0. The Labute approximate surface area is 158 Å². The second kappa shape index (κ2) is 6.41. The summed E-state index contributed by atoms with van der Waals surface area (Å²) in [4.78, 5) is 4.87. The molecule has 0 fully saturated rings. The van der Waals surface area contributed by atoms with Crippen molar-refractivity contribution in [3.8, 4) is 17.2 Å². The topological polar surface area (TPSA) is 41.6 Å². The van der Waals surface area contributed by atoms with Crippen LogP contribution in [-0.2, 0) is 12.8 Å². The van der Waals surface area contributed by atoms with Crippen molar-refractivity contribution in [2.75, 3.05) is 0 Å². The predicted octanol–water partition coefficient (Wildman–Crippen LogP) is 5.30. The Hall–Kier alpha value is -3.38. The summed E-state index contributed by atoms with van der Waals surface area (Å²) >= 11 is 0. The van der Waals surface area contributed by atoms with Crippen LogP contribution in [0, 0.1) is 11.3 Å². The summed E-state index contributed by atoms with van der Waals surface area (Å²) in [7, 11) is 0. The molecule has 3 heteroatoms. The molecule has 4 aromatic rings. The van der Waals surface area contributed by atoms with Crippen molar-refractivity contribution in [2.24, 2.45) is 0 Å². The maximum atomic E-state index is 8.98. The number of nitrogens with zero attached hydrogens (tertiary/aromatic N) is 3. The molecule has 0 aliphatic carbocycles. The Balaban J connectivity index is 1.63. The van der Waals surface area contributed by atoms with Gasteiger partial charge >= 0.3 is 0 Å². The Morgan fingerprint density at radius 3 is 2.67 bits per heavy atom. The molecule has 1 aliphatic rings. The van der Waals surface area contributed by atoms with Gasteiger partial charge in [0.2, 0.25) is 0 Å². The first-order chi connectivity index (χ1) is 13.3. The highest BCUT2D eigenvalue weighted by Crippen LogP contribution is 2.36. The molecule has 1 aromatic heterocycles. The minimum atomic E-state index is 0.353. The van der Waals surface area contributed by atoms with E-state index in [1.807, 2.05) is 12.1 Å². The third-order valence-corrected chi connectivity index (χ3v) is 5.44. The first kappa shape index (κ1) is 15.8. The van der Waals surface area contributed by atoms with Gasteiger partial charge in [-0.15, -0.1) is 0 Å². The van der Waals surface area contributed by atoms with Crippen LogP contribution in [0.15, 0.2) is 72.8 Å². The fraction of sp³-hybridized carbons (Fsp3) is 0.167. The van der Waals surface area contributed by atoms with Gasteiger partial charge in [0, 0.05) is 6.42 Å². The fourth-order valence-corrected chi connectivity index (χ4v) is 4.18. The van der Waals surface area contributed by atoms with Crippen LogP contribution in [0.2, 0.25) is 0 Å². The molecule has 5 rings (SSSR count). The van der Waals surface area contributed by atoms with E-state index in [0.717, 1.165) is 29.5 Å². The average molecular weight is 349 g/mol. The van der Waals surface area contributed by atoms with Crippen molar-refractivity contribution in [2.45, 2.75) is 25.3 Å². The first-order valence-corrected chi connectivity index (χ1v) is 9.35. The maximum Gasteiger partial charge on any atom is 0.110 e. The number of hydrogen-bond donors (Lipinski definition) is 0. The van der Waals surface area contributed by atoms with E-state index in [1.165, 1.54) is 22.5 Å². The molecule has 0 saturated carbocycles. The molecule has 0 spiro atoms. The number of imidazole rings is 1. The Bertz CT molecular complexity index is 1170. The molecule has 1 unspecified atom stereocenters. The fourth-order valence-electron chi connectivity index (χ4n) is 4.18. The van der Waals surface area contributed by atoms with Crippen molar-refractivity contribution < 1.29 is 0 Å². The van der Waals surface area contributed by atoms with Crippen LogP contribution in [0.3, 0.4) is 0 Å². The van der Waals surface area contributed by atoms with Gasteiger partial charge in [-0.1, -0.05) is 60.7 Å². The molecule has 0 bridgehead atoms. The van der Waals surface area contributed by atoms with Gasteiger partial charge in [-0.05, 0) is 40.8 Å². The van der Waals surface area contributed by atoms with Crippen molar-refractivity contribution >= 4 is 11.0 Å². The Morgan fingerprint density at radius 1 is 0.963 bits per heavy atom. The van der Waals surface area contributed by atoms with Gasteiger partial charge in [0.15, 0.2) is 0 Å². The zero-order valence-corrected chi connectivity index (χ0v) is 15.0. The van der Waals surface area contributed by atoms with E-state index in [1.54, 1.807) is 0 Å². The summed E-state index contributed by atoms with van der Waals surface area (Å²) in [5, 5.41) is 8.98. The summed E-state index contributed by atoms with van der Waals surface area (Å²) < 4.78 is 2.41. The van der Waals surface area contributed by atoms with E-state index >= 15 is 0 Å². The second-order valence-electron chi connectivity index (χ2n) is 7.10. The SMILES string of the molecule is N#CCc1cccc(-c2ccc3nc4n(c3c2)C(c2ccccc2)CC4)c1. The molecule has 1 aliphatic heterocycles. The molecule has 27 heavy (non-hydrogen) atoms. The highest BCUT2D eigenvalue weighted by atomic mass is 15.1. The molecule has 0 amide bonds. The Kier molecular flexibility index (Phi) is 3.76. The molecular formula is C24H19N3. The summed E-state index contributed by atoms with van der Waals surface area (Å²) in [6.07, 6.45) is 2.56. The first-order valence-electron chi connectivity index (χ1n) is 9.35. The molecule has 0 saturated heterocycles. The summed E-state index contributed by atoms with van der Waals surface area (Å²) in [5.41, 5.74) is 6.97.